The molecule has 0 heterocycles. The number of amides is 2. The van der Waals surface area contributed by atoms with Gasteiger partial charge in [-0.15, -0.1) is 0 Å². The van der Waals surface area contributed by atoms with E-state index in [0.29, 0.717) is 6.54 Å². The zero-order chi connectivity index (χ0) is 12.9. The van der Waals surface area contributed by atoms with E-state index in [9.17, 15) is 9.59 Å². The lowest BCUT2D eigenvalue weighted by atomic mass is 10.0. The minimum atomic E-state index is -0.865. The molecule has 0 rings (SSSR count). The van der Waals surface area contributed by atoms with Gasteiger partial charge < -0.3 is 21.7 Å². The van der Waals surface area contributed by atoms with E-state index in [1.54, 1.807) is 0 Å². The summed E-state index contributed by atoms with van der Waals surface area (Å²) in [6.07, 6.45) is -0.131. The van der Waals surface area contributed by atoms with Crippen LogP contribution in [0.3, 0.4) is 0 Å². The summed E-state index contributed by atoms with van der Waals surface area (Å²) in [5.74, 6) is -0.928. The molecule has 0 saturated heterocycles. The number of nitrogens with zero attached hydrogens (tertiary/aromatic N) is 1. The fourth-order valence-electron chi connectivity index (χ4n) is 0.902. The molecule has 6 heteroatoms. The molecule has 6 nitrogen and oxygen atoms in total. The fraction of sp³-hybridized carbons (Fsp3) is 0.800. The Kier molecular flexibility index (Phi) is 5.40. The van der Waals surface area contributed by atoms with Crippen molar-refractivity contribution < 1.29 is 9.59 Å². The smallest absolute Gasteiger partial charge is 0.237 e. The fourth-order valence-corrected chi connectivity index (χ4v) is 0.902. The molecule has 0 aromatic heterocycles. The third-order valence-electron chi connectivity index (χ3n) is 2.66. The summed E-state index contributed by atoms with van der Waals surface area (Å²) >= 11 is 0. The standard InChI is InChI=1S/C10H22N4O2/c1-10(2,14(3)4)6-13-9(16)7(11)5-8(12)15/h7H,5-6,11H2,1-4H3,(H2,12,15)(H,13,16). The molecule has 0 saturated carbocycles. The minimum absolute atomic E-state index is 0.131. The lowest BCUT2D eigenvalue weighted by Crippen LogP contribution is -2.52. The molecule has 0 spiro atoms. The van der Waals surface area contributed by atoms with E-state index in [-0.39, 0.29) is 17.9 Å². The molecular weight excluding hydrogens is 208 g/mol. The van der Waals surface area contributed by atoms with Crippen LogP contribution in [0.1, 0.15) is 20.3 Å². The average Bonchev–Trinajstić information content (AvgIpc) is 2.12. The van der Waals surface area contributed by atoms with Crippen LogP contribution in [0.2, 0.25) is 0 Å². The highest BCUT2D eigenvalue weighted by Gasteiger charge is 2.23. The van der Waals surface area contributed by atoms with Gasteiger partial charge in [-0.1, -0.05) is 0 Å². The van der Waals surface area contributed by atoms with E-state index in [2.05, 4.69) is 5.32 Å². The number of hydrogen-bond acceptors (Lipinski definition) is 4. The number of likely N-dealkylation sites (N-methyl/N-ethyl adjacent to an activating group) is 1. The second-order valence-electron chi connectivity index (χ2n) is 4.70. The van der Waals surface area contributed by atoms with Gasteiger partial charge in [-0.05, 0) is 27.9 Å². The Labute approximate surface area is 96.3 Å². The van der Waals surface area contributed by atoms with E-state index in [1.165, 1.54) is 0 Å². The molecule has 0 aliphatic rings. The zero-order valence-corrected chi connectivity index (χ0v) is 10.4. The van der Waals surface area contributed by atoms with Crippen molar-refractivity contribution in [1.82, 2.24) is 10.2 Å². The Morgan fingerprint density at radius 3 is 2.25 bits per heavy atom. The molecule has 16 heavy (non-hydrogen) atoms. The monoisotopic (exact) mass is 230 g/mol. The first-order chi connectivity index (χ1) is 7.16. The summed E-state index contributed by atoms with van der Waals surface area (Å²) in [6.45, 7) is 4.45. The van der Waals surface area contributed by atoms with Gasteiger partial charge in [0.15, 0.2) is 0 Å². The van der Waals surface area contributed by atoms with Crippen LogP contribution in [0, 0.1) is 0 Å². The second-order valence-corrected chi connectivity index (χ2v) is 4.70. The van der Waals surface area contributed by atoms with E-state index in [4.69, 9.17) is 11.5 Å². The van der Waals surface area contributed by atoms with Gasteiger partial charge in [-0.2, -0.15) is 0 Å². The van der Waals surface area contributed by atoms with Crippen molar-refractivity contribution in [2.45, 2.75) is 31.8 Å². The molecule has 0 aliphatic heterocycles. The van der Waals surface area contributed by atoms with Gasteiger partial charge in [-0.25, -0.2) is 0 Å². The first-order valence-electron chi connectivity index (χ1n) is 5.16. The molecule has 2 amide bonds. The van der Waals surface area contributed by atoms with Crippen LogP contribution >= 0.6 is 0 Å². The van der Waals surface area contributed by atoms with Crippen LogP contribution < -0.4 is 16.8 Å². The molecule has 0 fully saturated rings. The van der Waals surface area contributed by atoms with Gasteiger partial charge in [0, 0.05) is 12.1 Å². The van der Waals surface area contributed by atoms with Crippen molar-refractivity contribution in [3.8, 4) is 0 Å². The van der Waals surface area contributed by atoms with Gasteiger partial charge in [0.25, 0.3) is 0 Å². The molecule has 0 radical (unpaired) electrons. The number of nitrogens with one attached hydrogen (secondary N) is 1. The summed E-state index contributed by atoms with van der Waals surface area (Å²) in [6, 6.07) is -0.865. The lowest BCUT2D eigenvalue weighted by Gasteiger charge is -2.32. The molecule has 0 aliphatic carbocycles. The molecule has 0 bridgehead atoms. The van der Waals surface area contributed by atoms with Gasteiger partial charge in [0.05, 0.1) is 12.5 Å². The number of carbonyl (C=O) groups is 2. The third-order valence-corrected chi connectivity index (χ3v) is 2.66. The molecule has 0 aromatic carbocycles. The van der Waals surface area contributed by atoms with E-state index < -0.39 is 11.9 Å². The van der Waals surface area contributed by atoms with Crippen LogP contribution in [0.15, 0.2) is 0 Å². The summed E-state index contributed by atoms with van der Waals surface area (Å²) in [4.78, 5) is 24.1. The summed E-state index contributed by atoms with van der Waals surface area (Å²) < 4.78 is 0. The number of nitrogens with two attached hydrogens (primary N) is 2. The Balaban J connectivity index is 4.12. The normalized spacial score (nSPS) is 13.6. The van der Waals surface area contributed by atoms with Crippen molar-refractivity contribution in [2.24, 2.45) is 11.5 Å². The SMILES string of the molecule is CN(C)C(C)(C)CNC(=O)C(N)CC(N)=O. The average molecular weight is 230 g/mol. The highest BCUT2D eigenvalue weighted by atomic mass is 16.2. The van der Waals surface area contributed by atoms with Gasteiger partial charge in [-0.3, -0.25) is 9.59 Å². The summed E-state index contributed by atoms with van der Waals surface area (Å²) in [7, 11) is 3.85. The predicted octanol–water partition coefficient (Wildman–Crippen LogP) is -1.35. The number of hydrogen-bond donors (Lipinski definition) is 3. The quantitative estimate of drug-likeness (QED) is 0.525. The van der Waals surface area contributed by atoms with Gasteiger partial charge in [0.1, 0.15) is 0 Å². The maximum Gasteiger partial charge on any atom is 0.237 e. The molecule has 5 N–H and O–H groups in total. The highest BCUT2D eigenvalue weighted by Crippen LogP contribution is 2.07. The topological polar surface area (TPSA) is 101 Å². The van der Waals surface area contributed by atoms with Crippen LogP contribution in [0.4, 0.5) is 0 Å². The van der Waals surface area contributed by atoms with Gasteiger partial charge in [0.2, 0.25) is 11.8 Å². The number of primary amides is 1. The summed E-state index contributed by atoms with van der Waals surface area (Å²) in [5.41, 5.74) is 10.3. The third kappa shape index (κ3) is 5.09. The molecule has 1 unspecified atom stereocenters. The van der Waals surface area contributed by atoms with E-state index in [1.807, 2.05) is 32.8 Å². The first kappa shape index (κ1) is 14.9. The molecule has 1 atom stereocenters. The van der Waals surface area contributed by atoms with Crippen LogP contribution in [0.5, 0.6) is 0 Å². The largest absolute Gasteiger partial charge is 0.370 e. The van der Waals surface area contributed by atoms with Crippen LogP contribution in [-0.2, 0) is 9.59 Å². The number of rotatable bonds is 6. The van der Waals surface area contributed by atoms with Crippen LogP contribution in [-0.4, -0.2) is 48.9 Å². The first-order valence-corrected chi connectivity index (χ1v) is 5.16. The predicted molar refractivity (Wildman–Crippen MR) is 62.6 cm³/mol. The minimum Gasteiger partial charge on any atom is -0.370 e. The zero-order valence-electron chi connectivity index (χ0n) is 10.4. The second kappa shape index (κ2) is 5.81. The maximum absolute atomic E-state index is 11.5. The lowest BCUT2D eigenvalue weighted by molar-refractivity contribution is -0.126. The molecule has 0 aromatic rings. The van der Waals surface area contributed by atoms with Gasteiger partial charge >= 0.3 is 0 Å². The van der Waals surface area contributed by atoms with E-state index >= 15 is 0 Å². The Hall–Kier alpha value is -1.14. The molecule has 94 valence electrons. The Bertz CT molecular complexity index is 264. The van der Waals surface area contributed by atoms with Crippen molar-refractivity contribution in [3.63, 3.8) is 0 Å². The Morgan fingerprint density at radius 2 is 1.88 bits per heavy atom. The number of carbonyl (C=O) groups excluding carboxylic acids is 2. The molecular formula is C10H22N4O2. The highest BCUT2D eigenvalue weighted by molar-refractivity contribution is 5.87. The van der Waals surface area contributed by atoms with Crippen molar-refractivity contribution in [3.05, 3.63) is 0 Å². The summed E-state index contributed by atoms with van der Waals surface area (Å²) in [5, 5.41) is 2.70. The van der Waals surface area contributed by atoms with Crippen molar-refractivity contribution >= 4 is 11.8 Å². The van der Waals surface area contributed by atoms with E-state index in [0.717, 1.165) is 0 Å². The van der Waals surface area contributed by atoms with Crippen LogP contribution in [0.25, 0.3) is 0 Å². The Morgan fingerprint density at radius 1 is 1.38 bits per heavy atom. The van der Waals surface area contributed by atoms with Crippen molar-refractivity contribution in [2.75, 3.05) is 20.6 Å². The maximum atomic E-state index is 11.5. The van der Waals surface area contributed by atoms with Crippen molar-refractivity contribution in [1.29, 1.82) is 0 Å².